The van der Waals surface area contributed by atoms with Crippen LogP contribution in [0.5, 0.6) is 0 Å². The van der Waals surface area contributed by atoms with Gasteiger partial charge in [-0.15, -0.1) is 0 Å². The summed E-state index contributed by atoms with van der Waals surface area (Å²) in [7, 11) is 0. The molecule has 0 fully saturated rings. The number of ether oxygens (including phenoxy) is 1. The fraction of sp³-hybridized carbons (Fsp3) is 0.786. The van der Waals surface area contributed by atoms with Crippen LogP contribution in [0.4, 0.5) is 0 Å². The highest BCUT2D eigenvalue weighted by atomic mass is 16.5. The molecule has 1 rings (SSSR count). The van der Waals surface area contributed by atoms with E-state index in [9.17, 15) is 0 Å². The summed E-state index contributed by atoms with van der Waals surface area (Å²) < 4.78 is 5.50. The summed E-state index contributed by atoms with van der Waals surface area (Å²) in [5, 5.41) is 6.71. The standard InChI is InChI=1S/C14H27N3O/c1-3-5-11-18-12-10-16-14(15-4-2)17-13-8-6-7-9-13/h6-7,13H,3-5,8-12H2,1-2H3,(H2,15,16,17). The van der Waals surface area contributed by atoms with Gasteiger partial charge >= 0.3 is 0 Å². The van der Waals surface area contributed by atoms with Crippen LogP contribution in [0, 0.1) is 0 Å². The topological polar surface area (TPSA) is 45.6 Å². The van der Waals surface area contributed by atoms with Crippen LogP contribution >= 0.6 is 0 Å². The van der Waals surface area contributed by atoms with Crippen molar-refractivity contribution in [2.45, 2.75) is 45.6 Å². The van der Waals surface area contributed by atoms with Gasteiger partial charge in [-0.3, -0.25) is 4.99 Å². The second kappa shape index (κ2) is 9.95. The maximum atomic E-state index is 5.50. The Hall–Kier alpha value is -1.03. The lowest BCUT2D eigenvalue weighted by atomic mass is 10.2. The summed E-state index contributed by atoms with van der Waals surface area (Å²) in [5.41, 5.74) is 0. The lowest BCUT2D eigenvalue weighted by molar-refractivity contribution is 0.139. The van der Waals surface area contributed by atoms with Crippen LogP contribution in [0.3, 0.4) is 0 Å². The van der Waals surface area contributed by atoms with Crippen LogP contribution in [0.2, 0.25) is 0 Å². The van der Waals surface area contributed by atoms with Crippen molar-refractivity contribution in [3.63, 3.8) is 0 Å². The molecule has 104 valence electrons. The maximum absolute atomic E-state index is 5.50. The van der Waals surface area contributed by atoms with Crippen molar-refractivity contribution < 1.29 is 4.74 Å². The monoisotopic (exact) mass is 253 g/mol. The molecule has 0 aromatic rings. The number of aliphatic imine (C=N–C) groups is 1. The van der Waals surface area contributed by atoms with Crippen LogP contribution in [-0.4, -0.2) is 38.3 Å². The first-order chi connectivity index (χ1) is 8.86. The summed E-state index contributed by atoms with van der Waals surface area (Å²) in [4.78, 5) is 4.52. The van der Waals surface area contributed by atoms with Crippen LogP contribution in [0.1, 0.15) is 39.5 Å². The SMILES string of the molecule is CCCCOCCN=C(NCC)NC1CC=CC1. The van der Waals surface area contributed by atoms with Gasteiger partial charge in [-0.2, -0.15) is 0 Å². The summed E-state index contributed by atoms with van der Waals surface area (Å²) >= 11 is 0. The van der Waals surface area contributed by atoms with Crippen LogP contribution in [0.15, 0.2) is 17.1 Å². The molecule has 1 aliphatic carbocycles. The number of hydrogen-bond acceptors (Lipinski definition) is 2. The Morgan fingerprint density at radius 2 is 2.06 bits per heavy atom. The molecule has 0 aromatic heterocycles. The van der Waals surface area contributed by atoms with E-state index >= 15 is 0 Å². The van der Waals surface area contributed by atoms with Crippen molar-refractivity contribution in [2.24, 2.45) is 4.99 Å². The number of unbranched alkanes of at least 4 members (excludes halogenated alkanes) is 1. The molecule has 0 bridgehead atoms. The van der Waals surface area contributed by atoms with E-state index in [1.807, 2.05) is 0 Å². The minimum Gasteiger partial charge on any atom is -0.380 e. The highest BCUT2D eigenvalue weighted by Crippen LogP contribution is 2.08. The molecule has 0 saturated carbocycles. The highest BCUT2D eigenvalue weighted by molar-refractivity contribution is 5.80. The molecule has 1 aliphatic rings. The molecule has 4 heteroatoms. The summed E-state index contributed by atoms with van der Waals surface area (Å²) in [6, 6.07) is 0.504. The number of hydrogen-bond donors (Lipinski definition) is 2. The molecule has 0 radical (unpaired) electrons. The highest BCUT2D eigenvalue weighted by Gasteiger charge is 2.10. The van der Waals surface area contributed by atoms with Gasteiger partial charge < -0.3 is 15.4 Å². The average molecular weight is 253 g/mol. The summed E-state index contributed by atoms with van der Waals surface area (Å²) in [5.74, 6) is 0.908. The fourth-order valence-corrected chi connectivity index (χ4v) is 1.82. The lowest BCUT2D eigenvalue weighted by Crippen LogP contribution is -2.42. The zero-order valence-corrected chi connectivity index (χ0v) is 11.7. The van der Waals surface area contributed by atoms with Gasteiger partial charge in [0.25, 0.3) is 0 Å². The molecule has 0 spiro atoms. The van der Waals surface area contributed by atoms with Gasteiger partial charge in [0.2, 0.25) is 0 Å². The Bertz CT molecular complexity index is 256. The first kappa shape index (κ1) is 15.0. The molecule has 0 heterocycles. The molecule has 2 N–H and O–H groups in total. The van der Waals surface area contributed by atoms with Gasteiger partial charge in [0.15, 0.2) is 5.96 Å². The maximum Gasteiger partial charge on any atom is 0.191 e. The molecular weight excluding hydrogens is 226 g/mol. The normalized spacial score (nSPS) is 16.2. The molecule has 18 heavy (non-hydrogen) atoms. The summed E-state index contributed by atoms with van der Waals surface area (Å²) in [6.07, 6.45) is 8.94. The third-order valence-corrected chi connectivity index (χ3v) is 2.84. The molecular formula is C14H27N3O. The quantitative estimate of drug-likeness (QED) is 0.301. The van der Waals surface area contributed by atoms with E-state index in [1.54, 1.807) is 0 Å². The predicted octanol–water partition coefficient (Wildman–Crippen LogP) is 2.08. The van der Waals surface area contributed by atoms with E-state index < -0.39 is 0 Å². The Labute approximate surface area is 111 Å². The van der Waals surface area contributed by atoms with Gasteiger partial charge in [-0.25, -0.2) is 0 Å². The van der Waals surface area contributed by atoms with Gasteiger partial charge in [-0.05, 0) is 26.2 Å². The van der Waals surface area contributed by atoms with Gasteiger partial charge in [0.1, 0.15) is 0 Å². The second-order valence-electron chi connectivity index (χ2n) is 4.51. The number of rotatable bonds is 8. The van der Waals surface area contributed by atoms with Gasteiger partial charge in [-0.1, -0.05) is 25.5 Å². The first-order valence-electron chi connectivity index (χ1n) is 7.14. The first-order valence-corrected chi connectivity index (χ1v) is 7.14. The fourth-order valence-electron chi connectivity index (χ4n) is 1.82. The predicted molar refractivity (Wildman–Crippen MR) is 77.0 cm³/mol. The van der Waals surface area contributed by atoms with E-state index in [2.05, 4.69) is 41.6 Å². The third kappa shape index (κ3) is 6.64. The Morgan fingerprint density at radius 1 is 1.28 bits per heavy atom. The zero-order chi connectivity index (χ0) is 13.1. The van der Waals surface area contributed by atoms with Crippen LogP contribution < -0.4 is 10.6 Å². The number of nitrogens with one attached hydrogen (secondary N) is 2. The second-order valence-corrected chi connectivity index (χ2v) is 4.51. The lowest BCUT2D eigenvalue weighted by Gasteiger charge is -2.16. The molecule has 0 atom stereocenters. The Morgan fingerprint density at radius 3 is 2.72 bits per heavy atom. The van der Waals surface area contributed by atoms with E-state index in [4.69, 9.17) is 4.74 Å². The van der Waals surface area contributed by atoms with Crippen molar-refractivity contribution in [3.05, 3.63) is 12.2 Å². The minimum atomic E-state index is 0.504. The molecule has 4 nitrogen and oxygen atoms in total. The Balaban J connectivity index is 2.18. The van der Waals surface area contributed by atoms with Crippen molar-refractivity contribution in [3.8, 4) is 0 Å². The Kier molecular flexibility index (Phi) is 8.30. The van der Waals surface area contributed by atoms with Gasteiger partial charge in [0, 0.05) is 19.2 Å². The number of nitrogens with zero attached hydrogens (tertiary/aromatic N) is 1. The van der Waals surface area contributed by atoms with Gasteiger partial charge in [0.05, 0.1) is 13.2 Å². The minimum absolute atomic E-state index is 0.504. The molecule has 0 saturated heterocycles. The van der Waals surface area contributed by atoms with Crippen molar-refractivity contribution in [2.75, 3.05) is 26.3 Å². The van der Waals surface area contributed by atoms with E-state index in [0.717, 1.165) is 44.9 Å². The van der Waals surface area contributed by atoms with E-state index in [0.29, 0.717) is 12.6 Å². The zero-order valence-electron chi connectivity index (χ0n) is 11.7. The van der Waals surface area contributed by atoms with Crippen molar-refractivity contribution >= 4 is 5.96 Å². The van der Waals surface area contributed by atoms with E-state index in [-0.39, 0.29) is 0 Å². The smallest absolute Gasteiger partial charge is 0.191 e. The number of guanidine groups is 1. The molecule has 0 aliphatic heterocycles. The summed E-state index contributed by atoms with van der Waals surface area (Å²) in [6.45, 7) is 7.43. The van der Waals surface area contributed by atoms with Crippen LogP contribution in [0.25, 0.3) is 0 Å². The van der Waals surface area contributed by atoms with Crippen molar-refractivity contribution in [1.82, 2.24) is 10.6 Å². The average Bonchev–Trinajstić information content (AvgIpc) is 2.86. The van der Waals surface area contributed by atoms with E-state index in [1.165, 1.54) is 6.42 Å². The molecule has 0 amide bonds. The van der Waals surface area contributed by atoms with Crippen LogP contribution in [-0.2, 0) is 4.74 Å². The third-order valence-electron chi connectivity index (χ3n) is 2.84. The largest absolute Gasteiger partial charge is 0.380 e. The molecule has 0 unspecified atom stereocenters. The molecule has 0 aromatic carbocycles. The van der Waals surface area contributed by atoms with Crippen molar-refractivity contribution in [1.29, 1.82) is 0 Å².